The molecule has 2 N–H and O–H groups in total. The van der Waals surface area contributed by atoms with Crippen LogP contribution >= 0.6 is 22.6 Å². The van der Waals surface area contributed by atoms with Crippen LogP contribution in [0.5, 0.6) is 0 Å². The van der Waals surface area contributed by atoms with Crippen LogP contribution in [0.2, 0.25) is 0 Å². The summed E-state index contributed by atoms with van der Waals surface area (Å²) in [5, 5.41) is 6.05. The van der Waals surface area contributed by atoms with Crippen LogP contribution < -0.4 is 15.6 Å². The molecule has 3 heterocycles. The van der Waals surface area contributed by atoms with E-state index in [9.17, 15) is 4.79 Å². The number of rotatable bonds is 2. The van der Waals surface area contributed by atoms with Gasteiger partial charge in [-0.3, -0.25) is 4.79 Å². The minimum atomic E-state index is -0.0390. The number of halogens is 1. The van der Waals surface area contributed by atoms with Gasteiger partial charge in [0, 0.05) is 41.4 Å². The van der Waals surface area contributed by atoms with E-state index in [4.69, 9.17) is 9.40 Å². The highest BCUT2D eigenvalue weighted by Crippen LogP contribution is 2.29. The van der Waals surface area contributed by atoms with Crippen LogP contribution in [0, 0.1) is 3.57 Å². The molecule has 1 saturated heterocycles. The van der Waals surface area contributed by atoms with E-state index in [1.54, 1.807) is 6.07 Å². The molecule has 5 aromatic rings. The van der Waals surface area contributed by atoms with Gasteiger partial charge in [0.15, 0.2) is 5.43 Å². The average molecular weight is 522 g/mol. The number of aromatic amines is 1. The van der Waals surface area contributed by atoms with Crippen LogP contribution in [0.1, 0.15) is 0 Å². The Hall–Kier alpha value is -2.91. The molecule has 6 nitrogen and oxygen atoms in total. The Morgan fingerprint density at radius 3 is 2.71 bits per heavy atom. The van der Waals surface area contributed by atoms with Gasteiger partial charge in [-0.2, -0.15) is 0 Å². The van der Waals surface area contributed by atoms with Gasteiger partial charge in [-0.05, 0) is 75.8 Å². The zero-order chi connectivity index (χ0) is 20.9. The fraction of sp³-hybridized carbons (Fsp3) is 0.167. The van der Waals surface area contributed by atoms with E-state index in [-0.39, 0.29) is 5.43 Å². The van der Waals surface area contributed by atoms with Crippen molar-refractivity contribution in [2.24, 2.45) is 0 Å². The van der Waals surface area contributed by atoms with E-state index in [0.29, 0.717) is 16.7 Å². The summed E-state index contributed by atoms with van der Waals surface area (Å²) < 4.78 is 7.34. The van der Waals surface area contributed by atoms with Crippen LogP contribution in [0.15, 0.2) is 63.8 Å². The fourth-order valence-electron chi connectivity index (χ4n) is 4.19. The van der Waals surface area contributed by atoms with E-state index in [0.717, 1.165) is 63.1 Å². The average Bonchev–Trinajstić information content (AvgIpc) is 3.22. The van der Waals surface area contributed by atoms with Crippen molar-refractivity contribution in [1.29, 1.82) is 0 Å². The predicted octanol–water partition coefficient (Wildman–Crippen LogP) is 4.50. The molecule has 0 unspecified atom stereocenters. The third-order valence-electron chi connectivity index (χ3n) is 5.82. The largest absolute Gasteiger partial charge is 0.456 e. The third-order valence-corrected chi connectivity index (χ3v) is 6.49. The first-order valence-electron chi connectivity index (χ1n) is 10.3. The Balaban J connectivity index is 1.45. The second kappa shape index (κ2) is 7.35. The van der Waals surface area contributed by atoms with E-state index in [1.807, 2.05) is 42.5 Å². The summed E-state index contributed by atoms with van der Waals surface area (Å²) >= 11 is 2.29. The number of benzene rings is 3. The molecule has 1 aliphatic rings. The predicted molar refractivity (Wildman–Crippen MR) is 133 cm³/mol. The van der Waals surface area contributed by atoms with Gasteiger partial charge < -0.3 is 19.6 Å². The summed E-state index contributed by atoms with van der Waals surface area (Å²) in [7, 11) is 0. The van der Waals surface area contributed by atoms with Crippen molar-refractivity contribution in [1.82, 2.24) is 15.3 Å². The highest BCUT2D eigenvalue weighted by Gasteiger charge is 2.15. The standard InChI is InChI=1S/C24H19IN4O2/c25-17-3-1-14-10-18-21(30)13-22(31-23(18)12-16(14)9-17)15-2-4-19-20(11-15)28-24(27-19)29-7-5-26-6-8-29/h1-4,9-13,26H,5-8H2,(H,27,28). The Labute approximate surface area is 191 Å². The van der Waals surface area contributed by atoms with Gasteiger partial charge in [-0.25, -0.2) is 4.98 Å². The smallest absolute Gasteiger partial charge is 0.203 e. The van der Waals surface area contributed by atoms with Gasteiger partial charge in [0.05, 0.1) is 16.4 Å². The number of hydrogen-bond donors (Lipinski definition) is 2. The van der Waals surface area contributed by atoms with Crippen molar-refractivity contribution in [3.8, 4) is 11.3 Å². The number of nitrogens with zero attached hydrogens (tertiary/aromatic N) is 2. The first-order valence-corrected chi connectivity index (χ1v) is 11.3. The second-order valence-corrected chi connectivity index (χ2v) is 9.09. The van der Waals surface area contributed by atoms with Crippen LogP contribution in [-0.4, -0.2) is 36.1 Å². The normalized spacial score (nSPS) is 14.7. The lowest BCUT2D eigenvalue weighted by molar-refractivity contribution is 0.582. The summed E-state index contributed by atoms with van der Waals surface area (Å²) in [6.45, 7) is 3.77. The summed E-state index contributed by atoms with van der Waals surface area (Å²) in [4.78, 5) is 23.3. The summed E-state index contributed by atoms with van der Waals surface area (Å²) in [6, 6.07) is 17.5. The molecule has 0 radical (unpaired) electrons. The summed E-state index contributed by atoms with van der Waals surface area (Å²) in [5.74, 6) is 1.44. The van der Waals surface area contributed by atoms with Crippen LogP contribution in [0.25, 0.3) is 44.1 Å². The Morgan fingerprint density at radius 1 is 0.968 bits per heavy atom. The third kappa shape index (κ3) is 3.37. The lowest BCUT2D eigenvalue weighted by Gasteiger charge is -2.26. The maximum atomic E-state index is 12.9. The molecule has 7 heteroatoms. The molecule has 0 spiro atoms. The number of imidazole rings is 1. The molecular formula is C24H19IN4O2. The molecule has 2 aromatic heterocycles. The molecule has 0 saturated carbocycles. The fourth-order valence-corrected chi connectivity index (χ4v) is 4.70. The van der Waals surface area contributed by atoms with Crippen LogP contribution in [0.4, 0.5) is 5.95 Å². The minimum Gasteiger partial charge on any atom is -0.456 e. The van der Waals surface area contributed by atoms with E-state index in [1.165, 1.54) is 0 Å². The number of hydrogen-bond acceptors (Lipinski definition) is 5. The molecule has 1 aliphatic heterocycles. The van der Waals surface area contributed by atoms with Crippen molar-refractivity contribution in [2.75, 3.05) is 31.1 Å². The van der Waals surface area contributed by atoms with Crippen molar-refractivity contribution in [3.05, 3.63) is 68.4 Å². The van der Waals surface area contributed by atoms with Gasteiger partial charge >= 0.3 is 0 Å². The van der Waals surface area contributed by atoms with E-state index < -0.39 is 0 Å². The van der Waals surface area contributed by atoms with E-state index >= 15 is 0 Å². The van der Waals surface area contributed by atoms with Crippen molar-refractivity contribution in [2.45, 2.75) is 0 Å². The first-order chi connectivity index (χ1) is 15.1. The second-order valence-electron chi connectivity index (χ2n) is 7.84. The Morgan fingerprint density at radius 2 is 1.84 bits per heavy atom. The number of fused-ring (bicyclic) bond motifs is 3. The Bertz CT molecular complexity index is 1520. The lowest BCUT2D eigenvalue weighted by Crippen LogP contribution is -2.44. The van der Waals surface area contributed by atoms with Crippen LogP contribution in [-0.2, 0) is 0 Å². The lowest BCUT2D eigenvalue weighted by atomic mass is 10.1. The highest BCUT2D eigenvalue weighted by molar-refractivity contribution is 14.1. The van der Waals surface area contributed by atoms with Gasteiger partial charge in [0.1, 0.15) is 11.3 Å². The molecule has 31 heavy (non-hydrogen) atoms. The summed E-state index contributed by atoms with van der Waals surface area (Å²) in [6.07, 6.45) is 0. The Kier molecular flexibility index (Phi) is 4.46. The molecule has 154 valence electrons. The molecular weight excluding hydrogens is 503 g/mol. The number of anilines is 1. The molecule has 1 fully saturated rings. The zero-order valence-electron chi connectivity index (χ0n) is 16.6. The molecule has 6 rings (SSSR count). The summed E-state index contributed by atoms with van der Waals surface area (Å²) in [5.41, 5.74) is 3.25. The van der Waals surface area contributed by atoms with Gasteiger partial charge in [-0.1, -0.05) is 6.07 Å². The monoisotopic (exact) mass is 522 g/mol. The number of H-pyrrole nitrogens is 1. The maximum Gasteiger partial charge on any atom is 0.203 e. The highest BCUT2D eigenvalue weighted by atomic mass is 127. The van der Waals surface area contributed by atoms with Crippen LogP contribution in [0.3, 0.4) is 0 Å². The topological polar surface area (TPSA) is 74.2 Å². The molecule has 3 aromatic carbocycles. The number of nitrogens with one attached hydrogen (secondary N) is 2. The molecule has 0 atom stereocenters. The zero-order valence-corrected chi connectivity index (χ0v) is 18.8. The van der Waals surface area contributed by atoms with Gasteiger partial charge in [-0.15, -0.1) is 0 Å². The molecule has 0 bridgehead atoms. The van der Waals surface area contributed by atoms with E-state index in [2.05, 4.69) is 43.9 Å². The van der Waals surface area contributed by atoms with Gasteiger partial charge in [0.2, 0.25) is 5.95 Å². The SMILES string of the molecule is O=c1cc(-c2ccc3nc(N4CCNCC4)[nH]c3c2)oc2cc3cc(I)ccc3cc12. The van der Waals surface area contributed by atoms with Gasteiger partial charge in [0.25, 0.3) is 0 Å². The van der Waals surface area contributed by atoms with Crippen molar-refractivity contribution in [3.63, 3.8) is 0 Å². The quantitative estimate of drug-likeness (QED) is 0.264. The number of aromatic nitrogens is 2. The maximum absolute atomic E-state index is 12.9. The van der Waals surface area contributed by atoms with Crippen molar-refractivity contribution >= 4 is 61.3 Å². The number of piperazine rings is 1. The molecule has 0 amide bonds. The van der Waals surface area contributed by atoms with Crippen molar-refractivity contribution < 1.29 is 4.42 Å². The minimum absolute atomic E-state index is 0.0390. The molecule has 0 aliphatic carbocycles. The first kappa shape index (κ1) is 18.8.